The normalized spacial score (nSPS) is 20.7. The van der Waals surface area contributed by atoms with Crippen molar-refractivity contribution in [2.75, 3.05) is 26.7 Å². The number of carbonyl (C=O) groups is 3. The van der Waals surface area contributed by atoms with Gasteiger partial charge in [-0.3, -0.25) is 14.4 Å². The van der Waals surface area contributed by atoms with Crippen molar-refractivity contribution in [1.29, 1.82) is 0 Å². The van der Waals surface area contributed by atoms with E-state index in [0.29, 0.717) is 41.6 Å². The van der Waals surface area contributed by atoms with Crippen molar-refractivity contribution in [3.63, 3.8) is 0 Å². The van der Waals surface area contributed by atoms with E-state index in [9.17, 15) is 29.7 Å². The van der Waals surface area contributed by atoms with Crippen LogP contribution in [0.1, 0.15) is 30.4 Å². The molecule has 0 aromatic heterocycles. The van der Waals surface area contributed by atoms with E-state index in [1.165, 1.54) is 24.1 Å². The third-order valence-electron chi connectivity index (χ3n) is 7.15. The number of nitrogens with two attached hydrogens (primary N) is 3. The number of nitrogens with one attached hydrogen (secondary N) is 2. The molecule has 218 valence electrons. The van der Waals surface area contributed by atoms with Crippen LogP contribution in [0.4, 0.5) is 0 Å². The summed E-state index contributed by atoms with van der Waals surface area (Å²) in [5.74, 6) is -1.76. The van der Waals surface area contributed by atoms with Crippen LogP contribution < -0.4 is 27.8 Å². The van der Waals surface area contributed by atoms with Gasteiger partial charge >= 0.3 is 0 Å². The second kappa shape index (κ2) is 14.1. The lowest BCUT2D eigenvalue weighted by atomic mass is 9.95. The topological polar surface area (TPSA) is 217 Å². The first-order chi connectivity index (χ1) is 19.0. The van der Waals surface area contributed by atoms with Crippen LogP contribution in [0.25, 0.3) is 11.1 Å². The number of nitrogens with zero attached hydrogens (tertiary/aromatic N) is 1. The zero-order valence-electron chi connectivity index (χ0n) is 22.7. The van der Waals surface area contributed by atoms with Crippen LogP contribution in [0.5, 0.6) is 11.5 Å². The molecule has 12 heteroatoms. The van der Waals surface area contributed by atoms with Crippen LogP contribution >= 0.6 is 0 Å². The zero-order valence-corrected chi connectivity index (χ0v) is 22.7. The van der Waals surface area contributed by atoms with Gasteiger partial charge in [0.1, 0.15) is 23.6 Å². The number of phenolic OH excluding ortho intramolecular Hbond substituents is 2. The average molecular weight is 557 g/mol. The van der Waals surface area contributed by atoms with Crippen LogP contribution in [-0.2, 0) is 27.2 Å². The van der Waals surface area contributed by atoms with Gasteiger partial charge in [-0.05, 0) is 72.3 Å². The predicted octanol–water partition coefficient (Wildman–Crippen LogP) is -0.933. The van der Waals surface area contributed by atoms with Gasteiger partial charge in [-0.15, -0.1) is 0 Å². The van der Waals surface area contributed by atoms with Gasteiger partial charge in [0.2, 0.25) is 17.7 Å². The van der Waals surface area contributed by atoms with E-state index < -0.39 is 42.0 Å². The number of benzene rings is 2. The molecule has 0 spiro atoms. The van der Waals surface area contributed by atoms with E-state index in [1.54, 1.807) is 24.3 Å². The van der Waals surface area contributed by atoms with Crippen molar-refractivity contribution in [3.8, 4) is 22.6 Å². The molecule has 0 radical (unpaired) electrons. The highest BCUT2D eigenvalue weighted by atomic mass is 16.3. The monoisotopic (exact) mass is 556 g/mol. The van der Waals surface area contributed by atoms with Gasteiger partial charge < -0.3 is 48.1 Å². The van der Waals surface area contributed by atoms with Gasteiger partial charge in [0.25, 0.3) is 0 Å². The number of phenols is 2. The van der Waals surface area contributed by atoms with E-state index in [4.69, 9.17) is 17.2 Å². The number of likely N-dealkylation sites (N-methyl/N-ethyl adjacent to an activating group) is 1. The first-order valence-electron chi connectivity index (χ1n) is 13.4. The van der Waals surface area contributed by atoms with Crippen LogP contribution in [0, 0.1) is 0 Å². The molecule has 0 aliphatic carbocycles. The Hall–Kier alpha value is -3.71. The predicted molar refractivity (Wildman–Crippen MR) is 150 cm³/mol. The van der Waals surface area contributed by atoms with E-state index in [2.05, 4.69) is 10.6 Å². The van der Waals surface area contributed by atoms with Gasteiger partial charge in [0, 0.05) is 33.0 Å². The van der Waals surface area contributed by atoms with Crippen molar-refractivity contribution in [3.05, 3.63) is 47.5 Å². The highest BCUT2D eigenvalue weighted by molar-refractivity contribution is 5.93. The molecule has 0 saturated carbocycles. The molecule has 3 amide bonds. The number of aliphatic hydroxyl groups is 1. The second-order valence-corrected chi connectivity index (χ2v) is 10.1. The Bertz CT molecular complexity index is 1210. The summed E-state index contributed by atoms with van der Waals surface area (Å²) in [7, 11) is 1.45. The number of unbranched alkanes of at least 4 members (excludes halogenated alkanes) is 1. The van der Waals surface area contributed by atoms with Gasteiger partial charge in [0.05, 0.1) is 12.1 Å². The van der Waals surface area contributed by atoms with Crippen molar-refractivity contribution in [2.24, 2.45) is 17.2 Å². The fraction of sp³-hybridized carbons (Fsp3) is 0.464. The molecule has 0 saturated heterocycles. The molecular weight excluding hydrogens is 516 g/mol. The van der Waals surface area contributed by atoms with Crippen LogP contribution in [0.15, 0.2) is 36.4 Å². The van der Waals surface area contributed by atoms with Crippen molar-refractivity contribution < 1.29 is 29.7 Å². The number of carbonyl (C=O) groups excluding carboxylic acids is 3. The van der Waals surface area contributed by atoms with Gasteiger partial charge in [-0.25, -0.2) is 0 Å². The largest absolute Gasteiger partial charge is 0.508 e. The second-order valence-electron chi connectivity index (χ2n) is 10.1. The number of amides is 3. The summed E-state index contributed by atoms with van der Waals surface area (Å²) in [5.41, 5.74) is 19.5. The highest BCUT2D eigenvalue weighted by Crippen LogP contribution is 2.31. The summed E-state index contributed by atoms with van der Waals surface area (Å²) >= 11 is 0. The summed E-state index contributed by atoms with van der Waals surface area (Å²) in [6, 6.07) is 6.66. The minimum atomic E-state index is -1.10. The van der Waals surface area contributed by atoms with E-state index in [1.807, 2.05) is 0 Å². The smallest absolute Gasteiger partial charge is 0.245 e. The Balaban J connectivity index is 2.10. The van der Waals surface area contributed by atoms with Crippen LogP contribution in [0.2, 0.25) is 0 Å². The standard InChI is InChI=1S/C28H40N6O6/c1-34-23(27(39)32-15-20(35)14-30)13-19-11-17(6-8-25(19)37)16-5-7-24(36)18(10-16)12-21(31)26(38)33-22(28(34)40)4-2-3-9-29/h5-8,10-11,20-23,35-37H,2-4,9,12-15,29-31H2,1H3,(H,32,39)(H,33,38)/t20?,21-,22-,23-/m0/s1. The fourth-order valence-electron chi connectivity index (χ4n) is 4.65. The minimum absolute atomic E-state index is 0.0184. The molecule has 0 fully saturated rings. The molecule has 1 aliphatic rings. The number of fused-ring (bicyclic) bond motifs is 5. The number of aliphatic hydroxyl groups excluding tert-OH is 1. The molecule has 4 bridgehead atoms. The Morgan fingerprint density at radius 1 is 1.05 bits per heavy atom. The molecule has 2 aromatic rings. The molecule has 2 aromatic carbocycles. The number of hydrogen-bond donors (Lipinski definition) is 8. The Kier molecular flexibility index (Phi) is 10.8. The number of hydrogen-bond acceptors (Lipinski definition) is 9. The van der Waals surface area contributed by atoms with Crippen LogP contribution in [0.3, 0.4) is 0 Å². The third-order valence-corrected chi connectivity index (χ3v) is 7.15. The lowest BCUT2D eigenvalue weighted by Crippen LogP contribution is -2.57. The Morgan fingerprint density at radius 2 is 1.65 bits per heavy atom. The lowest BCUT2D eigenvalue weighted by Gasteiger charge is -2.32. The summed E-state index contributed by atoms with van der Waals surface area (Å²) < 4.78 is 0. The Labute approximate surface area is 233 Å². The SMILES string of the molecule is CN1C(=O)[C@H](CCCCN)NC(=O)[C@@H](N)Cc2cc(ccc2O)-c2ccc(O)c(c2)C[C@H]1C(=O)NCC(O)CN. The molecule has 1 unspecified atom stereocenters. The van der Waals surface area contributed by atoms with Crippen molar-refractivity contribution in [1.82, 2.24) is 15.5 Å². The minimum Gasteiger partial charge on any atom is -0.508 e. The van der Waals surface area contributed by atoms with Crippen LogP contribution in [-0.4, -0.2) is 88.9 Å². The molecule has 40 heavy (non-hydrogen) atoms. The summed E-state index contributed by atoms with van der Waals surface area (Å²) in [5, 5.41) is 36.4. The van der Waals surface area contributed by atoms with E-state index >= 15 is 0 Å². The fourth-order valence-corrected chi connectivity index (χ4v) is 4.65. The summed E-state index contributed by atoms with van der Waals surface area (Å²) in [6.07, 6.45) is 0.419. The van der Waals surface area contributed by atoms with Crippen molar-refractivity contribution in [2.45, 2.75) is 56.3 Å². The Morgan fingerprint density at radius 3 is 2.23 bits per heavy atom. The van der Waals surface area contributed by atoms with E-state index in [0.717, 1.165) is 0 Å². The maximum atomic E-state index is 13.7. The number of rotatable bonds is 8. The molecule has 3 rings (SSSR count). The molecular formula is C28H40N6O6. The lowest BCUT2D eigenvalue weighted by molar-refractivity contribution is -0.142. The van der Waals surface area contributed by atoms with Crippen molar-refractivity contribution >= 4 is 17.7 Å². The first-order valence-corrected chi connectivity index (χ1v) is 13.4. The van der Waals surface area contributed by atoms with Gasteiger partial charge in [-0.1, -0.05) is 12.1 Å². The zero-order chi connectivity index (χ0) is 29.4. The summed E-state index contributed by atoms with van der Waals surface area (Å²) in [4.78, 5) is 41.4. The summed E-state index contributed by atoms with van der Waals surface area (Å²) in [6.45, 7) is 0.221. The van der Waals surface area contributed by atoms with E-state index in [-0.39, 0.29) is 43.9 Å². The molecule has 1 aliphatic heterocycles. The average Bonchev–Trinajstić information content (AvgIpc) is 2.94. The quantitative estimate of drug-likeness (QED) is 0.188. The first kappa shape index (κ1) is 30.8. The molecule has 12 nitrogen and oxygen atoms in total. The third kappa shape index (κ3) is 7.69. The molecule has 11 N–H and O–H groups in total. The number of aromatic hydroxyl groups is 2. The molecule has 4 atom stereocenters. The maximum Gasteiger partial charge on any atom is 0.245 e. The van der Waals surface area contributed by atoms with Gasteiger partial charge in [-0.2, -0.15) is 0 Å². The van der Waals surface area contributed by atoms with Gasteiger partial charge in [0.15, 0.2) is 0 Å². The highest BCUT2D eigenvalue weighted by Gasteiger charge is 2.34. The molecule has 1 heterocycles. The maximum absolute atomic E-state index is 13.7.